The third-order valence-corrected chi connectivity index (χ3v) is 10.5. The van der Waals surface area contributed by atoms with Crippen molar-refractivity contribution >= 4 is 39.6 Å². The summed E-state index contributed by atoms with van der Waals surface area (Å²) in [6, 6.07) is 33.1. The van der Waals surface area contributed by atoms with Gasteiger partial charge in [0.2, 0.25) is 0 Å². The first kappa shape index (κ1) is 24.8. The van der Waals surface area contributed by atoms with Crippen LogP contribution in [0.15, 0.2) is 132 Å². The van der Waals surface area contributed by atoms with Crippen LogP contribution in [0.4, 0.5) is 0 Å². The smallest absolute Gasteiger partial charge is 0.0975 e. The molecule has 2 aliphatic carbocycles. The zero-order valence-corrected chi connectivity index (χ0v) is 24.4. The SMILES string of the molecule is C1=CC2Sc3c(-c4cccc(-c5cccc(-c6cnc7c(n6)c6c(c8ccccc87)CCC=C6)c5)c4)cccc3C2C=C1. The van der Waals surface area contributed by atoms with Crippen LogP contribution in [0.25, 0.3) is 61.4 Å². The molecule has 1 aromatic heterocycles. The molecule has 2 atom stereocenters. The molecule has 9 rings (SSSR count). The number of nitrogens with zero attached hydrogens (tertiary/aromatic N) is 2. The molecule has 0 fully saturated rings. The van der Waals surface area contributed by atoms with Crippen LogP contribution in [0.5, 0.6) is 0 Å². The van der Waals surface area contributed by atoms with E-state index in [2.05, 4.69) is 127 Å². The van der Waals surface area contributed by atoms with Crippen LogP contribution in [0.2, 0.25) is 0 Å². The van der Waals surface area contributed by atoms with Gasteiger partial charge in [-0.25, -0.2) is 4.98 Å². The molecule has 2 unspecified atom stereocenters. The van der Waals surface area contributed by atoms with Gasteiger partial charge in [-0.3, -0.25) is 4.98 Å². The summed E-state index contributed by atoms with van der Waals surface area (Å²) in [7, 11) is 0. The number of thioether (sulfide) groups is 1. The summed E-state index contributed by atoms with van der Waals surface area (Å²) in [5.74, 6) is 0.465. The molecule has 204 valence electrons. The third-order valence-electron chi connectivity index (χ3n) is 9.11. The number of hydrogen-bond acceptors (Lipinski definition) is 3. The molecule has 2 nitrogen and oxygen atoms in total. The van der Waals surface area contributed by atoms with Crippen molar-refractivity contribution in [3.63, 3.8) is 0 Å². The lowest BCUT2D eigenvalue weighted by Gasteiger charge is -2.17. The minimum absolute atomic E-state index is 0.465. The van der Waals surface area contributed by atoms with E-state index in [1.54, 1.807) is 0 Å². The van der Waals surface area contributed by atoms with Crippen molar-refractivity contribution in [3.05, 3.63) is 144 Å². The van der Waals surface area contributed by atoms with Gasteiger partial charge < -0.3 is 0 Å². The van der Waals surface area contributed by atoms with Gasteiger partial charge >= 0.3 is 0 Å². The van der Waals surface area contributed by atoms with E-state index >= 15 is 0 Å². The summed E-state index contributed by atoms with van der Waals surface area (Å²) in [5, 5.41) is 2.98. The Morgan fingerprint density at radius 3 is 2.37 bits per heavy atom. The number of fused-ring (bicyclic) bond motifs is 9. The molecule has 0 saturated heterocycles. The molecule has 0 radical (unpaired) electrons. The first-order valence-corrected chi connectivity index (χ1v) is 15.9. The van der Waals surface area contributed by atoms with Gasteiger partial charge in [0.05, 0.1) is 22.9 Å². The lowest BCUT2D eigenvalue weighted by atomic mass is 9.90. The van der Waals surface area contributed by atoms with Crippen LogP contribution in [0.1, 0.15) is 29.0 Å². The van der Waals surface area contributed by atoms with Crippen molar-refractivity contribution in [2.45, 2.75) is 28.9 Å². The van der Waals surface area contributed by atoms with Crippen LogP contribution < -0.4 is 0 Å². The molecule has 6 aromatic rings. The highest BCUT2D eigenvalue weighted by Crippen LogP contribution is 2.51. The van der Waals surface area contributed by atoms with Crippen LogP contribution in [0, 0.1) is 0 Å². The van der Waals surface area contributed by atoms with E-state index < -0.39 is 0 Å². The maximum absolute atomic E-state index is 5.26. The van der Waals surface area contributed by atoms with E-state index in [-0.39, 0.29) is 0 Å². The Labute approximate surface area is 255 Å². The minimum atomic E-state index is 0.465. The molecule has 2 heterocycles. The van der Waals surface area contributed by atoms with Gasteiger partial charge in [0.25, 0.3) is 0 Å². The first-order chi connectivity index (χ1) is 21.3. The number of benzene rings is 5. The Bertz CT molecular complexity index is 2190. The predicted molar refractivity (Wildman–Crippen MR) is 181 cm³/mol. The average Bonchev–Trinajstić information content (AvgIpc) is 3.47. The van der Waals surface area contributed by atoms with Gasteiger partial charge in [-0.15, -0.1) is 11.8 Å². The second-order valence-corrected chi connectivity index (χ2v) is 12.8. The maximum Gasteiger partial charge on any atom is 0.0975 e. The first-order valence-electron chi connectivity index (χ1n) is 15.0. The average molecular weight is 569 g/mol. The Kier molecular flexibility index (Phi) is 5.73. The van der Waals surface area contributed by atoms with Crippen LogP contribution in [-0.2, 0) is 6.42 Å². The van der Waals surface area contributed by atoms with Crippen LogP contribution in [-0.4, -0.2) is 15.2 Å². The zero-order valence-electron chi connectivity index (χ0n) is 23.6. The van der Waals surface area contributed by atoms with Gasteiger partial charge in [-0.05, 0) is 63.7 Å². The highest BCUT2D eigenvalue weighted by atomic mass is 32.2. The molecule has 5 aromatic carbocycles. The van der Waals surface area contributed by atoms with Gasteiger partial charge in [0, 0.05) is 32.6 Å². The number of rotatable bonds is 3. The van der Waals surface area contributed by atoms with Crippen molar-refractivity contribution < 1.29 is 0 Å². The van der Waals surface area contributed by atoms with E-state index in [1.165, 1.54) is 54.6 Å². The van der Waals surface area contributed by atoms with Gasteiger partial charge in [0.1, 0.15) is 0 Å². The summed E-state index contributed by atoms with van der Waals surface area (Å²) in [4.78, 5) is 11.7. The summed E-state index contributed by atoms with van der Waals surface area (Å²) < 4.78 is 0. The van der Waals surface area contributed by atoms with Crippen LogP contribution >= 0.6 is 11.8 Å². The Hall–Kier alpha value is -4.73. The fourth-order valence-electron chi connectivity index (χ4n) is 7.05. The molecular formula is C40H28N2S. The maximum atomic E-state index is 5.26. The monoisotopic (exact) mass is 568 g/mol. The molecule has 3 aliphatic rings. The molecule has 0 amide bonds. The van der Waals surface area contributed by atoms with E-state index in [1.807, 2.05) is 18.0 Å². The topological polar surface area (TPSA) is 25.8 Å². The summed E-state index contributed by atoms with van der Waals surface area (Å²) in [6.07, 6.45) is 17.6. The molecule has 0 bridgehead atoms. The zero-order chi connectivity index (χ0) is 28.3. The molecule has 0 spiro atoms. The lowest BCUT2D eigenvalue weighted by Crippen LogP contribution is -2.06. The van der Waals surface area contributed by atoms with Crippen molar-refractivity contribution in [1.82, 2.24) is 9.97 Å². The highest BCUT2D eigenvalue weighted by molar-refractivity contribution is 8.00. The second kappa shape index (κ2) is 9.93. The Morgan fingerprint density at radius 2 is 1.47 bits per heavy atom. The number of hydrogen-bond donors (Lipinski definition) is 0. The fraction of sp³-hybridized carbons (Fsp3) is 0.100. The predicted octanol–water partition coefficient (Wildman–Crippen LogP) is 10.4. The van der Waals surface area contributed by atoms with Crippen molar-refractivity contribution in [3.8, 4) is 33.5 Å². The normalized spacial score (nSPS) is 18.1. The molecule has 0 saturated carbocycles. The Balaban J connectivity index is 1.12. The number of aromatic nitrogens is 2. The standard InChI is InChI=1S/C40H28N2S/c1-3-17-33-30(14-1)31-15-2-4-18-34(31)39-38(33)41-24-36(42-39)28-13-8-11-26(23-28)25-10-7-12-27(22-25)29-19-9-20-35-32-16-5-6-21-37(32)43-40(29)35/h1,3-14,16-24,32,37H,2,15H2. The number of allylic oxidation sites excluding steroid dienone is 4. The molecule has 3 heteroatoms. The van der Waals surface area contributed by atoms with Gasteiger partial charge in [-0.2, -0.15) is 0 Å². The number of aryl methyl sites for hydroxylation is 1. The van der Waals surface area contributed by atoms with Crippen molar-refractivity contribution in [2.75, 3.05) is 0 Å². The molecule has 0 N–H and O–H groups in total. The molecular weight excluding hydrogens is 541 g/mol. The highest BCUT2D eigenvalue weighted by Gasteiger charge is 2.32. The van der Waals surface area contributed by atoms with E-state index in [0.717, 1.165) is 35.1 Å². The minimum Gasteiger partial charge on any atom is -0.252 e. The van der Waals surface area contributed by atoms with E-state index in [9.17, 15) is 0 Å². The second-order valence-electron chi connectivity index (χ2n) is 11.6. The van der Waals surface area contributed by atoms with Gasteiger partial charge in [0.15, 0.2) is 0 Å². The lowest BCUT2D eigenvalue weighted by molar-refractivity contribution is 0.881. The quantitative estimate of drug-likeness (QED) is 0.199. The molecule has 1 aliphatic heterocycles. The summed E-state index contributed by atoms with van der Waals surface area (Å²) in [5.41, 5.74) is 13.0. The summed E-state index contributed by atoms with van der Waals surface area (Å²) >= 11 is 2.00. The summed E-state index contributed by atoms with van der Waals surface area (Å²) in [6.45, 7) is 0. The van der Waals surface area contributed by atoms with Crippen molar-refractivity contribution in [2.24, 2.45) is 0 Å². The van der Waals surface area contributed by atoms with Crippen LogP contribution in [0.3, 0.4) is 0 Å². The molecule has 43 heavy (non-hydrogen) atoms. The largest absolute Gasteiger partial charge is 0.252 e. The van der Waals surface area contributed by atoms with Gasteiger partial charge in [-0.1, -0.05) is 115 Å². The fourth-order valence-corrected chi connectivity index (χ4v) is 8.53. The van der Waals surface area contributed by atoms with E-state index in [0.29, 0.717) is 11.2 Å². The Morgan fingerprint density at radius 1 is 0.698 bits per heavy atom. The van der Waals surface area contributed by atoms with Crippen molar-refractivity contribution in [1.29, 1.82) is 0 Å². The van der Waals surface area contributed by atoms with E-state index in [4.69, 9.17) is 9.97 Å². The third kappa shape index (κ3) is 4.03.